The van der Waals surface area contributed by atoms with E-state index in [1.165, 1.54) is 18.2 Å². The molecular weight excluding hydrogens is 130 g/mol. The molecule has 0 atom stereocenters. The van der Waals surface area contributed by atoms with Crippen LogP contribution in [-0.2, 0) is 4.79 Å². The quantitative estimate of drug-likeness (QED) is 0.434. The highest BCUT2D eigenvalue weighted by Crippen LogP contribution is 2.21. The molecule has 0 amide bonds. The van der Waals surface area contributed by atoms with Gasteiger partial charge in [0.15, 0.2) is 0 Å². The fraction of sp³-hybridized carbons (Fsp3) is 0. The average Bonchev–Trinajstić information content (AvgIpc) is 1.95. The number of para-hydroxylation sites is 1. The number of nitrogen functional groups attached to an aromatic ring is 1. The lowest BCUT2D eigenvalue weighted by atomic mass is 10.2. The smallest absolute Gasteiger partial charge is 0.235 e. The van der Waals surface area contributed by atoms with Crippen LogP contribution in [0.15, 0.2) is 18.2 Å². The van der Waals surface area contributed by atoms with Crippen molar-refractivity contribution in [2.24, 2.45) is 0 Å². The molecule has 3 heteroatoms. The van der Waals surface area contributed by atoms with Crippen LogP contribution in [0.5, 0.6) is 5.75 Å². The highest BCUT2D eigenvalue weighted by molar-refractivity contribution is 5.85. The van der Waals surface area contributed by atoms with E-state index in [1.807, 2.05) is 0 Å². The van der Waals surface area contributed by atoms with Gasteiger partial charge in [0.2, 0.25) is 6.29 Å². The summed E-state index contributed by atoms with van der Waals surface area (Å²) in [5.74, 6) is -0.0825. The van der Waals surface area contributed by atoms with E-state index in [-0.39, 0.29) is 17.0 Å². The van der Waals surface area contributed by atoms with Gasteiger partial charge in [0.05, 0.1) is 11.3 Å². The van der Waals surface area contributed by atoms with E-state index < -0.39 is 0 Å². The van der Waals surface area contributed by atoms with Crippen molar-refractivity contribution in [3.05, 3.63) is 23.8 Å². The molecule has 10 heavy (non-hydrogen) atoms. The van der Waals surface area contributed by atoms with Gasteiger partial charge < -0.3 is 10.8 Å². The Morgan fingerprint density at radius 1 is 1.50 bits per heavy atom. The van der Waals surface area contributed by atoms with Crippen molar-refractivity contribution in [2.45, 2.75) is 0 Å². The van der Waals surface area contributed by atoms with Crippen LogP contribution in [0.4, 0.5) is 5.69 Å². The molecule has 0 fully saturated rings. The molecule has 0 bridgehead atoms. The molecule has 3 nitrogen and oxygen atoms in total. The molecule has 1 rings (SSSR count). The van der Waals surface area contributed by atoms with Crippen LogP contribution in [0.25, 0.3) is 0 Å². The lowest BCUT2D eigenvalue weighted by molar-refractivity contribution is 0.477. The Morgan fingerprint density at radius 3 is 2.70 bits per heavy atom. The number of carbonyl (C=O) groups excluding carboxylic acids is 1. The summed E-state index contributed by atoms with van der Waals surface area (Å²) in [7, 11) is 0. The Labute approximate surface area is 58.1 Å². The molecule has 0 heterocycles. The molecule has 0 aliphatic heterocycles. The number of nitrogens with two attached hydrogens (primary N) is 1. The number of phenols is 1. The van der Waals surface area contributed by atoms with Gasteiger partial charge in [-0.3, -0.25) is 4.79 Å². The third kappa shape index (κ3) is 0.932. The van der Waals surface area contributed by atoms with Gasteiger partial charge in [-0.05, 0) is 12.1 Å². The molecule has 3 N–H and O–H groups in total. The minimum atomic E-state index is -0.0825. The summed E-state index contributed by atoms with van der Waals surface area (Å²) in [4.78, 5) is 10.1. The molecule has 1 aromatic rings. The number of benzene rings is 1. The zero-order valence-corrected chi connectivity index (χ0v) is 5.16. The first-order valence-corrected chi connectivity index (χ1v) is 2.71. The lowest BCUT2D eigenvalue weighted by Crippen LogP contribution is -1.92. The first-order valence-electron chi connectivity index (χ1n) is 2.71. The summed E-state index contributed by atoms with van der Waals surface area (Å²) in [6, 6.07) is 4.43. The second-order valence-corrected chi connectivity index (χ2v) is 1.84. The van der Waals surface area contributed by atoms with Crippen LogP contribution in [-0.4, -0.2) is 11.4 Å². The summed E-state index contributed by atoms with van der Waals surface area (Å²) in [6.07, 6.45) is 1.60. The zero-order chi connectivity index (χ0) is 7.56. The molecule has 1 radical (unpaired) electrons. The van der Waals surface area contributed by atoms with E-state index in [4.69, 9.17) is 10.8 Å². The number of phenolic OH excluding ortho intramolecular Hbond substituents is 1. The van der Waals surface area contributed by atoms with E-state index in [9.17, 15) is 4.79 Å². The summed E-state index contributed by atoms with van der Waals surface area (Å²) in [5, 5.41) is 8.93. The van der Waals surface area contributed by atoms with E-state index in [1.54, 1.807) is 6.29 Å². The first-order chi connectivity index (χ1) is 4.75. The Bertz CT molecular complexity index is 258. The van der Waals surface area contributed by atoms with E-state index in [0.29, 0.717) is 0 Å². The second-order valence-electron chi connectivity index (χ2n) is 1.84. The fourth-order valence-corrected chi connectivity index (χ4v) is 0.642. The van der Waals surface area contributed by atoms with Crippen LogP contribution in [0, 0.1) is 0 Å². The van der Waals surface area contributed by atoms with E-state index in [2.05, 4.69) is 0 Å². The molecule has 0 aromatic heterocycles. The lowest BCUT2D eigenvalue weighted by Gasteiger charge is -1.97. The highest BCUT2D eigenvalue weighted by atomic mass is 16.3. The molecule has 0 saturated carbocycles. The Balaban J connectivity index is 3.27. The Kier molecular flexibility index (Phi) is 1.58. The van der Waals surface area contributed by atoms with Crippen molar-refractivity contribution in [3.63, 3.8) is 0 Å². The number of hydrogen-bond acceptors (Lipinski definition) is 3. The topological polar surface area (TPSA) is 63.3 Å². The van der Waals surface area contributed by atoms with Crippen molar-refractivity contribution < 1.29 is 9.90 Å². The van der Waals surface area contributed by atoms with Gasteiger partial charge in [0.25, 0.3) is 0 Å². The minimum absolute atomic E-state index is 0.0810. The standard InChI is InChI=1S/C7H6NO2/c8-7-5(4-9)2-1-3-6(7)10/h1-3,10H,8H2. The van der Waals surface area contributed by atoms with Crippen LogP contribution in [0.1, 0.15) is 5.56 Å². The monoisotopic (exact) mass is 136 g/mol. The molecule has 0 saturated heterocycles. The molecule has 0 spiro atoms. The molecule has 0 aliphatic carbocycles. The van der Waals surface area contributed by atoms with Gasteiger partial charge in [0, 0.05) is 0 Å². The van der Waals surface area contributed by atoms with Crippen LogP contribution in [0.3, 0.4) is 0 Å². The van der Waals surface area contributed by atoms with Gasteiger partial charge >= 0.3 is 0 Å². The van der Waals surface area contributed by atoms with Crippen molar-refractivity contribution in [3.8, 4) is 5.75 Å². The van der Waals surface area contributed by atoms with Gasteiger partial charge in [-0.25, -0.2) is 0 Å². The Hall–Kier alpha value is -1.51. The number of hydrogen-bond donors (Lipinski definition) is 2. The molecule has 0 aliphatic rings. The predicted octanol–water partition coefficient (Wildman–Crippen LogP) is 0.432. The van der Waals surface area contributed by atoms with Crippen LogP contribution in [0.2, 0.25) is 0 Å². The molecule has 51 valence electrons. The van der Waals surface area contributed by atoms with Crippen molar-refractivity contribution in [1.82, 2.24) is 0 Å². The summed E-state index contributed by atoms with van der Waals surface area (Å²) in [6.45, 7) is 0. The number of rotatable bonds is 1. The molecular formula is C7H6NO2. The summed E-state index contributed by atoms with van der Waals surface area (Å²) >= 11 is 0. The summed E-state index contributed by atoms with van der Waals surface area (Å²) < 4.78 is 0. The van der Waals surface area contributed by atoms with Crippen molar-refractivity contribution in [1.29, 1.82) is 0 Å². The van der Waals surface area contributed by atoms with Gasteiger partial charge in [-0.2, -0.15) is 0 Å². The minimum Gasteiger partial charge on any atom is -0.506 e. The maximum atomic E-state index is 10.1. The molecule has 1 aromatic carbocycles. The maximum absolute atomic E-state index is 10.1. The zero-order valence-electron chi connectivity index (χ0n) is 5.16. The second kappa shape index (κ2) is 2.39. The molecule has 0 unspecified atom stereocenters. The van der Waals surface area contributed by atoms with E-state index >= 15 is 0 Å². The van der Waals surface area contributed by atoms with E-state index in [0.717, 1.165) is 0 Å². The number of anilines is 1. The highest BCUT2D eigenvalue weighted by Gasteiger charge is 2.00. The van der Waals surface area contributed by atoms with Gasteiger partial charge in [-0.1, -0.05) is 6.07 Å². The van der Waals surface area contributed by atoms with Crippen LogP contribution >= 0.6 is 0 Å². The van der Waals surface area contributed by atoms with Crippen molar-refractivity contribution >= 4 is 12.0 Å². The van der Waals surface area contributed by atoms with Gasteiger partial charge in [-0.15, -0.1) is 0 Å². The third-order valence-corrected chi connectivity index (χ3v) is 1.19. The average molecular weight is 136 g/mol. The predicted molar refractivity (Wildman–Crippen MR) is 37.3 cm³/mol. The van der Waals surface area contributed by atoms with Crippen molar-refractivity contribution in [2.75, 3.05) is 5.73 Å². The van der Waals surface area contributed by atoms with Gasteiger partial charge in [0.1, 0.15) is 5.75 Å². The SMILES string of the molecule is Nc1c(O)cccc1[C]=O. The fourth-order valence-electron chi connectivity index (χ4n) is 0.642. The third-order valence-electron chi connectivity index (χ3n) is 1.19. The normalized spacial score (nSPS) is 9.20. The largest absolute Gasteiger partial charge is 0.506 e. The maximum Gasteiger partial charge on any atom is 0.235 e. The summed E-state index contributed by atoms with van der Waals surface area (Å²) in [5.41, 5.74) is 5.56. The first kappa shape index (κ1) is 6.61. The van der Waals surface area contributed by atoms with Crippen LogP contribution < -0.4 is 5.73 Å². The Morgan fingerprint density at radius 2 is 2.20 bits per heavy atom. The number of aromatic hydroxyl groups is 1.